The largest absolute Gasteiger partial charge is 0.366 e. The normalized spacial score (nSPS) is 15.5. The number of benzene rings is 2. The molecule has 3 amide bonds. The summed E-state index contributed by atoms with van der Waals surface area (Å²) in [5.74, 6) is -0.722. The Bertz CT molecular complexity index is 1150. The van der Waals surface area contributed by atoms with E-state index in [9.17, 15) is 14.4 Å². The highest BCUT2D eigenvalue weighted by Crippen LogP contribution is 2.23. The maximum absolute atomic E-state index is 11.9. The number of H-pyrrole nitrogens is 1. The van der Waals surface area contributed by atoms with E-state index in [0.29, 0.717) is 22.6 Å². The summed E-state index contributed by atoms with van der Waals surface area (Å²) in [6.07, 6.45) is 12.9. The molecule has 3 aromatic rings. The third kappa shape index (κ3) is 7.59. The summed E-state index contributed by atoms with van der Waals surface area (Å²) in [7, 11) is 0. The van der Waals surface area contributed by atoms with Crippen LogP contribution < -0.4 is 16.4 Å². The zero-order chi connectivity index (χ0) is 25.2. The van der Waals surface area contributed by atoms with E-state index in [0.717, 1.165) is 42.4 Å². The van der Waals surface area contributed by atoms with Crippen LogP contribution >= 0.6 is 11.6 Å². The molecule has 1 saturated carbocycles. The fourth-order valence-corrected chi connectivity index (χ4v) is 4.41. The molecule has 0 unspecified atom stereocenters. The van der Waals surface area contributed by atoms with Gasteiger partial charge in [0.2, 0.25) is 17.7 Å². The lowest BCUT2D eigenvalue weighted by atomic mass is 10.1. The highest BCUT2D eigenvalue weighted by atomic mass is 35.5. The second-order valence-electron chi connectivity index (χ2n) is 8.80. The molecule has 2 aliphatic rings. The Morgan fingerprint density at radius 3 is 1.97 bits per heavy atom. The quantitative estimate of drug-likeness (QED) is 0.439. The predicted octanol–water partition coefficient (Wildman–Crippen LogP) is 5.56. The highest BCUT2D eigenvalue weighted by Gasteiger charge is 2.18. The smallest absolute Gasteiger partial charge is 0.248 e. The molecule has 5 N–H and O–H groups in total. The summed E-state index contributed by atoms with van der Waals surface area (Å²) in [5, 5.41) is 1.54. The molecular formula is C27H33ClN4O3. The second-order valence-corrected chi connectivity index (χ2v) is 9.20. The van der Waals surface area contributed by atoms with Gasteiger partial charge in [-0.2, -0.15) is 0 Å². The van der Waals surface area contributed by atoms with Crippen LogP contribution in [0, 0.1) is 0 Å². The monoisotopic (exact) mass is 496 g/mol. The van der Waals surface area contributed by atoms with E-state index in [4.69, 9.17) is 23.1 Å². The van der Waals surface area contributed by atoms with Gasteiger partial charge in [-0.15, -0.1) is 0 Å². The van der Waals surface area contributed by atoms with E-state index >= 15 is 0 Å². The number of nitrogens with two attached hydrogens (primary N) is 2. The van der Waals surface area contributed by atoms with Crippen LogP contribution in [0.15, 0.2) is 48.7 Å². The van der Waals surface area contributed by atoms with E-state index in [2.05, 4.69) is 4.98 Å². The molecule has 1 aromatic heterocycles. The number of anilines is 1. The maximum Gasteiger partial charge on any atom is 0.248 e. The number of halogens is 1. The van der Waals surface area contributed by atoms with Gasteiger partial charge in [-0.05, 0) is 49.2 Å². The number of hydrogen-bond acceptors (Lipinski definition) is 3. The van der Waals surface area contributed by atoms with Crippen LogP contribution in [0.3, 0.4) is 0 Å². The number of aromatic amines is 1. The fraction of sp³-hybridized carbons (Fsp3) is 0.370. The fourth-order valence-electron chi connectivity index (χ4n) is 4.19. The lowest BCUT2D eigenvalue weighted by Crippen LogP contribution is -2.29. The Morgan fingerprint density at radius 2 is 1.37 bits per heavy atom. The van der Waals surface area contributed by atoms with Gasteiger partial charge in [-0.3, -0.25) is 14.4 Å². The number of hydrogen-bond donors (Lipinski definition) is 3. The Morgan fingerprint density at radius 1 is 0.800 bits per heavy atom. The molecular weight excluding hydrogens is 464 g/mol. The van der Waals surface area contributed by atoms with E-state index in [1.165, 1.54) is 32.1 Å². The van der Waals surface area contributed by atoms with E-state index in [1.54, 1.807) is 53.6 Å². The van der Waals surface area contributed by atoms with Crippen LogP contribution in [0.4, 0.5) is 5.69 Å². The Balaban J connectivity index is 0.000000167. The molecule has 35 heavy (non-hydrogen) atoms. The molecule has 2 heterocycles. The van der Waals surface area contributed by atoms with Gasteiger partial charge in [-0.25, -0.2) is 0 Å². The minimum Gasteiger partial charge on any atom is -0.366 e. The van der Waals surface area contributed by atoms with Crippen LogP contribution in [0.5, 0.6) is 0 Å². The first-order valence-corrected chi connectivity index (χ1v) is 12.5. The lowest BCUT2D eigenvalue weighted by molar-refractivity contribution is -0.118. The van der Waals surface area contributed by atoms with Crippen LogP contribution in [0.2, 0.25) is 5.02 Å². The third-order valence-corrected chi connectivity index (χ3v) is 6.52. The number of nitrogens with one attached hydrogen (secondary N) is 1. The molecule has 8 heteroatoms. The summed E-state index contributed by atoms with van der Waals surface area (Å²) in [4.78, 5) is 38.4. The van der Waals surface area contributed by atoms with Gasteiger partial charge in [0.25, 0.3) is 0 Å². The Labute approximate surface area is 210 Å². The molecule has 0 atom stereocenters. The number of primary amides is 2. The summed E-state index contributed by atoms with van der Waals surface area (Å²) in [6, 6.07) is 12.0. The topological polar surface area (TPSA) is 122 Å². The first kappa shape index (κ1) is 26.3. The van der Waals surface area contributed by atoms with E-state index < -0.39 is 11.8 Å². The van der Waals surface area contributed by atoms with Gasteiger partial charge < -0.3 is 21.4 Å². The minimum absolute atomic E-state index is 0.161. The molecule has 0 radical (unpaired) electrons. The van der Waals surface area contributed by atoms with Crippen LogP contribution in [0.25, 0.3) is 10.9 Å². The minimum atomic E-state index is -0.446. The van der Waals surface area contributed by atoms with Crippen molar-refractivity contribution < 1.29 is 14.4 Å². The predicted molar refractivity (Wildman–Crippen MR) is 141 cm³/mol. The number of nitrogens with zero attached hydrogens (tertiary/aromatic N) is 1. The number of carbonyl (C=O) groups excluding carboxylic acids is 3. The van der Waals surface area contributed by atoms with Crippen molar-refractivity contribution in [3.63, 3.8) is 0 Å². The first-order valence-electron chi connectivity index (χ1n) is 12.1. The summed E-state index contributed by atoms with van der Waals surface area (Å²) in [5.41, 5.74) is 12.9. The van der Waals surface area contributed by atoms with Crippen molar-refractivity contribution in [1.82, 2.24) is 4.98 Å². The number of fused-ring (bicyclic) bond motifs is 1. The zero-order valence-corrected chi connectivity index (χ0v) is 20.7. The van der Waals surface area contributed by atoms with Crippen molar-refractivity contribution in [2.45, 2.75) is 57.8 Å². The van der Waals surface area contributed by atoms with E-state index in [-0.39, 0.29) is 5.91 Å². The summed E-state index contributed by atoms with van der Waals surface area (Å²) in [6.45, 7) is 0.759. The first-order chi connectivity index (χ1) is 16.9. The molecule has 186 valence electrons. The summed E-state index contributed by atoms with van der Waals surface area (Å²) >= 11 is 5.86. The molecule has 0 bridgehead atoms. The van der Waals surface area contributed by atoms with Crippen molar-refractivity contribution >= 4 is 45.9 Å². The van der Waals surface area contributed by atoms with Crippen LogP contribution in [-0.2, 0) is 4.79 Å². The van der Waals surface area contributed by atoms with Crippen molar-refractivity contribution in [2.75, 3.05) is 11.4 Å². The maximum atomic E-state index is 11.9. The standard InChI is InChI=1S/C13H16N2O2.C9H7ClN2O.C5H10/c14-13(17)10-5-7-11(8-6-10)15-9-3-1-2-4-12(15)16;10-7-4-12-8-3-5(9(11)13)1-2-6(7)8;1-2-4-5-3-1/h5-8H,1-4,9H2,(H2,14,17);1-4,12H,(H2,11,13);1-5H2. The van der Waals surface area contributed by atoms with Crippen molar-refractivity contribution in [1.29, 1.82) is 0 Å². The lowest BCUT2D eigenvalue weighted by Gasteiger charge is -2.20. The second kappa shape index (κ2) is 13.0. The van der Waals surface area contributed by atoms with E-state index in [1.807, 2.05) is 0 Å². The number of rotatable bonds is 3. The molecule has 1 aliphatic heterocycles. The average molecular weight is 497 g/mol. The molecule has 7 nitrogen and oxygen atoms in total. The molecule has 2 fully saturated rings. The van der Waals surface area contributed by atoms with Crippen molar-refractivity contribution in [3.05, 3.63) is 64.8 Å². The Kier molecular flexibility index (Phi) is 9.73. The Hall–Kier alpha value is -3.32. The van der Waals surface area contributed by atoms with Crippen molar-refractivity contribution in [2.24, 2.45) is 11.5 Å². The van der Waals surface area contributed by atoms with Gasteiger partial charge in [0.05, 0.1) is 5.02 Å². The number of carbonyl (C=O) groups is 3. The van der Waals surface area contributed by atoms with Gasteiger partial charge in [0.15, 0.2) is 0 Å². The van der Waals surface area contributed by atoms with Gasteiger partial charge in [0.1, 0.15) is 0 Å². The van der Waals surface area contributed by atoms with Crippen LogP contribution in [0.1, 0.15) is 78.5 Å². The number of aromatic nitrogens is 1. The van der Waals surface area contributed by atoms with Gasteiger partial charge in [-0.1, -0.05) is 56.2 Å². The summed E-state index contributed by atoms with van der Waals surface area (Å²) < 4.78 is 0. The van der Waals surface area contributed by atoms with Crippen LogP contribution in [-0.4, -0.2) is 29.3 Å². The zero-order valence-electron chi connectivity index (χ0n) is 19.9. The molecule has 1 saturated heterocycles. The highest BCUT2D eigenvalue weighted by molar-refractivity contribution is 6.35. The molecule has 5 rings (SSSR count). The molecule has 2 aromatic carbocycles. The third-order valence-electron chi connectivity index (χ3n) is 6.20. The van der Waals surface area contributed by atoms with Crippen molar-refractivity contribution in [3.8, 4) is 0 Å². The van der Waals surface area contributed by atoms with Gasteiger partial charge in [0, 0.05) is 46.9 Å². The number of amides is 3. The average Bonchev–Trinajstić information content (AvgIpc) is 3.51. The molecule has 1 aliphatic carbocycles. The SMILES string of the molecule is C1CCCC1.NC(=O)c1ccc(N2CCCCCC2=O)cc1.NC(=O)c1ccc2c(Cl)c[nH]c2c1. The van der Waals surface area contributed by atoms with Gasteiger partial charge >= 0.3 is 0 Å². The molecule has 0 spiro atoms.